The highest BCUT2D eigenvalue weighted by atomic mass is 79.9. The van der Waals surface area contributed by atoms with Crippen LogP contribution in [0.2, 0.25) is 0 Å². The van der Waals surface area contributed by atoms with Crippen molar-refractivity contribution in [3.8, 4) is 11.8 Å². The normalized spacial score (nSPS) is 10.4. The topological polar surface area (TPSA) is 26.3 Å². The summed E-state index contributed by atoms with van der Waals surface area (Å²) in [6, 6.07) is 5.59. The summed E-state index contributed by atoms with van der Waals surface area (Å²) in [6.45, 7) is 5.42. The van der Waals surface area contributed by atoms with Crippen molar-refractivity contribution in [3.63, 3.8) is 0 Å². The zero-order valence-corrected chi connectivity index (χ0v) is 13.0. The molecule has 0 aliphatic rings. The van der Waals surface area contributed by atoms with E-state index in [4.69, 9.17) is 4.74 Å². The Kier molecular flexibility index (Phi) is 4.79. The summed E-state index contributed by atoms with van der Waals surface area (Å²) < 4.78 is 6.85. The van der Waals surface area contributed by atoms with Crippen molar-refractivity contribution in [2.24, 2.45) is 0 Å². The highest BCUT2D eigenvalue weighted by Gasteiger charge is 2.14. The number of carbonyl (C=O) groups is 1. The molecule has 0 heterocycles. The molecule has 0 spiro atoms. The molecule has 0 unspecified atom stereocenters. The van der Waals surface area contributed by atoms with E-state index in [-0.39, 0.29) is 0 Å². The van der Waals surface area contributed by atoms with E-state index in [9.17, 15) is 4.79 Å². The summed E-state index contributed by atoms with van der Waals surface area (Å²) in [5, 5.41) is 0. The lowest BCUT2D eigenvalue weighted by atomic mass is 10.2. The quantitative estimate of drug-likeness (QED) is 0.518. The van der Waals surface area contributed by atoms with Gasteiger partial charge >= 0.3 is 5.97 Å². The zero-order valence-electron chi connectivity index (χ0n) is 9.80. The van der Waals surface area contributed by atoms with Gasteiger partial charge in [-0.25, -0.2) is 4.79 Å². The highest BCUT2D eigenvalue weighted by molar-refractivity contribution is 9.11. The van der Waals surface area contributed by atoms with Crippen LogP contribution in [-0.2, 0) is 9.53 Å². The van der Waals surface area contributed by atoms with E-state index in [2.05, 4.69) is 43.7 Å². The van der Waals surface area contributed by atoms with Gasteiger partial charge in [0.15, 0.2) is 0 Å². The third-order valence-electron chi connectivity index (χ3n) is 1.63. The van der Waals surface area contributed by atoms with Gasteiger partial charge in [0.25, 0.3) is 0 Å². The van der Waals surface area contributed by atoms with Crippen LogP contribution in [0.5, 0.6) is 0 Å². The lowest BCUT2D eigenvalue weighted by Gasteiger charge is -2.16. The molecule has 0 amide bonds. The number of rotatable bonds is 0. The molecule has 0 aliphatic carbocycles. The fraction of sp³-hybridized carbons (Fsp3) is 0.308. The maximum Gasteiger partial charge on any atom is 0.385 e. The molecule has 17 heavy (non-hydrogen) atoms. The summed E-state index contributed by atoms with van der Waals surface area (Å²) in [4.78, 5) is 11.4. The zero-order chi connectivity index (χ0) is 13.1. The maximum absolute atomic E-state index is 11.4. The highest BCUT2D eigenvalue weighted by Crippen LogP contribution is 2.20. The monoisotopic (exact) mass is 358 g/mol. The average molecular weight is 360 g/mol. The van der Waals surface area contributed by atoms with Crippen LogP contribution in [0.15, 0.2) is 27.1 Å². The number of halogens is 2. The van der Waals surface area contributed by atoms with Crippen LogP contribution in [0.25, 0.3) is 0 Å². The third kappa shape index (κ3) is 5.38. The molecular formula is C13H12Br2O2. The van der Waals surface area contributed by atoms with Crippen LogP contribution in [0.1, 0.15) is 26.3 Å². The Morgan fingerprint density at radius 2 is 1.94 bits per heavy atom. The molecule has 0 radical (unpaired) electrons. The summed E-state index contributed by atoms with van der Waals surface area (Å²) in [5.41, 5.74) is 0.227. The summed E-state index contributed by atoms with van der Waals surface area (Å²) in [6.07, 6.45) is 0. The number of benzene rings is 1. The van der Waals surface area contributed by atoms with E-state index < -0.39 is 11.6 Å². The van der Waals surface area contributed by atoms with Gasteiger partial charge < -0.3 is 4.74 Å². The Balaban J connectivity index is 2.85. The minimum absolute atomic E-state index is 0.514. The van der Waals surface area contributed by atoms with Crippen LogP contribution in [0.3, 0.4) is 0 Å². The summed E-state index contributed by atoms with van der Waals surface area (Å²) in [5.74, 6) is 4.71. The van der Waals surface area contributed by atoms with Gasteiger partial charge in [-0.15, -0.1) is 0 Å². The SMILES string of the molecule is CC(C)(C)OC(=O)C#Cc1cc(Br)ccc1Br. The Morgan fingerprint density at radius 3 is 2.53 bits per heavy atom. The Bertz CT molecular complexity index is 490. The predicted molar refractivity (Wildman–Crippen MR) is 74.6 cm³/mol. The fourth-order valence-corrected chi connectivity index (χ4v) is 1.72. The Morgan fingerprint density at radius 1 is 1.29 bits per heavy atom. The molecule has 90 valence electrons. The minimum Gasteiger partial charge on any atom is -0.450 e. The first-order chi connectivity index (χ1) is 7.78. The average Bonchev–Trinajstić information content (AvgIpc) is 2.17. The van der Waals surface area contributed by atoms with E-state index in [0.29, 0.717) is 0 Å². The van der Waals surface area contributed by atoms with E-state index in [1.165, 1.54) is 0 Å². The number of hydrogen-bond acceptors (Lipinski definition) is 2. The number of ether oxygens (including phenoxy) is 1. The van der Waals surface area contributed by atoms with E-state index in [0.717, 1.165) is 14.5 Å². The number of carbonyl (C=O) groups excluding carboxylic acids is 1. The van der Waals surface area contributed by atoms with E-state index >= 15 is 0 Å². The van der Waals surface area contributed by atoms with E-state index in [1.54, 1.807) is 0 Å². The fourth-order valence-electron chi connectivity index (χ4n) is 1.02. The second-order valence-electron chi connectivity index (χ2n) is 4.38. The first-order valence-electron chi connectivity index (χ1n) is 4.98. The third-order valence-corrected chi connectivity index (χ3v) is 2.81. The molecule has 1 rings (SSSR count). The lowest BCUT2D eigenvalue weighted by molar-refractivity contribution is -0.147. The first kappa shape index (κ1) is 14.3. The Labute approximate surface area is 118 Å². The molecule has 1 aromatic carbocycles. The maximum atomic E-state index is 11.4. The molecular weight excluding hydrogens is 348 g/mol. The minimum atomic E-state index is -0.524. The van der Waals surface area contributed by atoms with Gasteiger partial charge in [-0.05, 0) is 54.9 Å². The van der Waals surface area contributed by atoms with Gasteiger partial charge in [-0.2, -0.15) is 0 Å². The molecule has 0 aliphatic heterocycles. The van der Waals surface area contributed by atoms with Gasteiger partial charge in [-0.3, -0.25) is 0 Å². The molecule has 0 atom stereocenters. The van der Waals surface area contributed by atoms with Crippen LogP contribution in [-0.4, -0.2) is 11.6 Å². The smallest absolute Gasteiger partial charge is 0.385 e. The van der Waals surface area contributed by atoms with Crippen molar-refractivity contribution in [1.82, 2.24) is 0 Å². The number of hydrogen-bond donors (Lipinski definition) is 0. The Hall–Kier alpha value is -0.790. The predicted octanol–water partition coefficient (Wildman–Crippen LogP) is 3.90. The van der Waals surface area contributed by atoms with Gasteiger partial charge in [0.1, 0.15) is 5.60 Å². The van der Waals surface area contributed by atoms with Crippen LogP contribution < -0.4 is 0 Å². The van der Waals surface area contributed by atoms with Gasteiger partial charge in [0, 0.05) is 20.4 Å². The molecule has 4 heteroatoms. The van der Waals surface area contributed by atoms with E-state index in [1.807, 2.05) is 39.0 Å². The van der Waals surface area contributed by atoms with Crippen LogP contribution in [0, 0.1) is 11.8 Å². The lowest BCUT2D eigenvalue weighted by Crippen LogP contribution is -2.22. The molecule has 0 saturated heterocycles. The molecule has 2 nitrogen and oxygen atoms in total. The second-order valence-corrected chi connectivity index (χ2v) is 6.15. The van der Waals surface area contributed by atoms with Gasteiger partial charge in [-0.1, -0.05) is 21.9 Å². The van der Waals surface area contributed by atoms with Crippen molar-refractivity contribution >= 4 is 37.8 Å². The molecule has 0 aromatic heterocycles. The van der Waals surface area contributed by atoms with Crippen molar-refractivity contribution < 1.29 is 9.53 Å². The molecule has 0 N–H and O–H groups in total. The van der Waals surface area contributed by atoms with Crippen LogP contribution in [0.4, 0.5) is 0 Å². The standard InChI is InChI=1S/C13H12Br2O2/c1-13(2,3)17-12(16)7-4-9-8-10(14)5-6-11(9)15/h5-6,8H,1-3H3. The largest absolute Gasteiger partial charge is 0.450 e. The number of esters is 1. The molecule has 1 aromatic rings. The van der Waals surface area contributed by atoms with Crippen molar-refractivity contribution in [2.45, 2.75) is 26.4 Å². The molecule has 0 saturated carbocycles. The first-order valence-corrected chi connectivity index (χ1v) is 6.56. The summed E-state index contributed by atoms with van der Waals surface area (Å²) >= 11 is 6.71. The van der Waals surface area contributed by atoms with Crippen molar-refractivity contribution in [3.05, 3.63) is 32.7 Å². The second kappa shape index (κ2) is 5.70. The van der Waals surface area contributed by atoms with Crippen LogP contribution >= 0.6 is 31.9 Å². The summed E-state index contributed by atoms with van der Waals surface area (Å²) in [7, 11) is 0. The molecule has 0 bridgehead atoms. The van der Waals surface area contributed by atoms with Crippen molar-refractivity contribution in [1.29, 1.82) is 0 Å². The van der Waals surface area contributed by atoms with Crippen molar-refractivity contribution in [2.75, 3.05) is 0 Å². The van der Waals surface area contributed by atoms with Gasteiger partial charge in [0.05, 0.1) is 0 Å². The van der Waals surface area contributed by atoms with Gasteiger partial charge in [0.2, 0.25) is 0 Å². The molecule has 0 fully saturated rings.